The number of nitrogens with zero attached hydrogens (tertiary/aromatic N) is 2. The van der Waals surface area contributed by atoms with Crippen LogP contribution < -0.4 is 30.6 Å². The number of rotatable bonds is 8. The van der Waals surface area contributed by atoms with Crippen LogP contribution in [0.3, 0.4) is 0 Å². The van der Waals surface area contributed by atoms with Crippen LogP contribution in [-0.2, 0) is 24.8 Å². The molecular weight excluding hydrogens is 402 g/mol. The number of nitrogens with one attached hydrogen (secondary N) is 1. The highest BCUT2D eigenvalue weighted by Gasteiger charge is 2.15. The second-order valence-electron chi connectivity index (χ2n) is 6.88. The van der Waals surface area contributed by atoms with Crippen molar-refractivity contribution in [2.75, 3.05) is 27.9 Å². The Labute approximate surface area is 178 Å². The molecule has 0 radical (unpaired) electrons. The van der Waals surface area contributed by atoms with Crippen molar-refractivity contribution in [3.63, 3.8) is 0 Å². The predicted octanol–water partition coefficient (Wildman–Crippen LogP) is 1.08. The van der Waals surface area contributed by atoms with Gasteiger partial charge in [-0.15, -0.1) is 0 Å². The normalized spacial score (nSPS) is 10.7. The lowest BCUT2D eigenvalue weighted by atomic mass is 10.1. The number of aryl methyl sites for hydroxylation is 1. The molecule has 31 heavy (non-hydrogen) atoms. The van der Waals surface area contributed by atoms with Crippen molar-refractivity contribution in [3.8, 4) is 17.2 Å². The Hall–Kier alpha value is -3.75. The lowest BCUT2D eigenvalue weighted by molar-refractivity contribution is -0.121. The number of para-hydroxylation sites is 2. The van der Waals surface area contributed by atoms with Crippen LogP contribution in [0.25, 0.3) is 11.0 Å². The van der Waals surface area contributed by atoms with Crippen LogP contribution in [-0.4, -0.2) is 42.9 Å². The second-order valence-corrected chi connectivity index (χ2v) is 6.88. The molecule has 1 amide bonds. The lowest BCUT2D eigenvalue weighted by Crippen LogP contribution is -2.43. The maximum Gasteiger partial charge on any atom is 0.317 e. The molecule has 3 aromatic rings. The molecule has 0 aliphatic heterocycles. The topological polar surface area (TPSA) is 101 Å². The molecule has 1 heterocycles. The molecule has 0 saturated carbocycles. The van der Waals surface area contributed by atoms with E-state index in [1.807, 2.05) is 12.1 Å². The summed E-state index contributed by atoms with van der Waals surface area (Å²) in [6, 6.07) is 10.6. The third kappa shape index (κ3) is 4.40. The van der Waals surface area contributed by atoms with Crippen molar-refractivity contribution in [1.29, 1.82) is 0 Å². The highest BCUT2D eigenvalue weighted by atomic mass is 16.5. The first-order valence-electron chi connectivity index (χ1n) is 9.65. The third-order valence-electron chi connectivity index (χ3n) is 5.03. The molecule has 0 saturated heterocycles. The van der Waals surface area contributed by atoms with Crippen LogP contribution in [0.5, 0.6) is 17.2 Å². The van der Waals surface area contributed by atoms with Crippen molar-refractivity contribution < 1.29 is 19.0 Å². The molecule has 0 atom stereocenters. The fourth-order valence-electron chi connectivity index (χ4n) is 3.44. The number of hydrogen-bond acceptors (Lipinski definition) is 6. The van der Waals surface area contributed by atoms with Gasteiger partial charge in [0.15, 0.2) is 11.5 Å². The van der Waals surface area contributed by atoms with Gasteiger partial charge in [0.2, 0.25) is 11.7 Å². The summed E-state index contributed by atoms with van der Waals surface area (Å²) in [5, 5.41) is 2.79. The Kier molecular flexibility index (Phi) is 6.64. The minimum Gasteiger partial charge on any atom is -0.493 e. The maximum atomic E-state index is 12.5. The van der Waals surface area contributed by atoms with Gasteiger partial charge in [0.05, 0.1) is 32.4 Å². The zero-order valence-electron chi connectivity index (χ0n) is 17.9. The third-order valence-corrected chi connectivity index (χ3v) is 5.03. The molecule has 1 N–H and O–H groups in total. The predicted molar refractivity (Wildman–Crippen MR) is 116 cm³/mol. The van der Waals surface area contributed by atoms with Gasteiger partial charge in [0.1, 0.15) is 6.54 Å². The van der Waals surface area contributed by atoms with Crippen LogP contribution in [0.4, 0.5) is 0 Å². The number of methoxy groups -OCH3 is 3. The van der Waals surface area contributed by atoms with Gasteiger partial charge in [-0.2, -0.15) is 0 Å². The summed E-state index contributed by atoms with van der Waals surface area (Å²) in [6.07, 6.45) is 0.509. The molecular formula is C22H25N3O6. The zero-order chi connectivity index (χ0) is 22.5. The van der Waals surface area contributed by atoms with E-state index in [2.05, 4.69) is 5.32 Å². The van der Waals surface area contributed by atoms with Gasteiger partial charge in [-0.25, -0.2) is 0 Å². The molecule has 164 valence electrons. The number of ether oxygens (including phenoxy) is 3. The van der Waals surface area contributed by atoms with Gasteiger partial charge >= 0.3 is 11.1 Å². The van der Waals surface area contributed by atoms with E-state index < -0.39 is 11.1 Å². The quantitative estimate of drug-likeness (QED) is 0.540. The van der Waals surface area contributed by atoms with Crippen molar-refractivity contribution >= 4 is 16.9 Å². The summed E-state index contributed by atoms with van der Waals surface area (Å²) in [5.74, 6) is 1.19. The van der Waals surface area contributed by atoms with E-state index >= 15 is 0 Å². The maximum absolute atomic E-state index is 12.5. The minimum atomic E-state index is -0.735. The summed E-state index contributed by atoms with van der Waals surface area (Å²) in [5.41, 5.74) is 0.572. The Balaban J connectivity index is 1.74. The molecule has 0 bridgehead atoms. The minimum absolute atomic E-state index is 0.245. The SMILES string of the molecule is COc1cc(CCNC(=O)Cn2c(=O)c(=O)n(C)c3ccccc32)cc(OC)c1OC. The van der Waals surface area contributed by atoms with Gasteiger partial charge < -0.3 is 24.1 Å². The van der Waals surface area contributed by atoms with E-state index in [9.17, 15) is 14.4 Å². The summed E-state index contributed by atoms with van der Waals surface area (Å²) < 4.78 is 18.5. The van der Waals surface area contributed by atoms with Gasteiger partial charge in [0, 0.05) is 13.6 Å². The first-order chi connectivity index (χ1) is 14.9. The Morgan fingerprint density at radius 2 is 1.55 bits per heavy atom. The van der Waals surface area contributed by atoms with E-state index in [0.717, 1.165) is 5.56 Å². The summed E-state index contributed by atoms with van der Waals surface area (Å²) in [7, 11) is 6.14. The fourth-order valence-corrected chi connectivity index (χ4v) is 3.44. The molecule has 0 unspecified atom stereocenters. The average molecular weight is 427 g/mol. The molecule has 0 spiro atoms. The number of carbonyl (C=O) groups is 1. The van der Waals surface area contributed by atoms with E-state index in [-0.39, 0.29) is 12.5 Å². The number of aromatic nitrogens is 2. The lowest BCUT2D eigenvalue weighted by Gasteiger charge is -2.15. The largest absolute Gasteiger partial charge is 0.493 e. The summed E-state index contributed by atoms with van der Waals surface area (Å²) in [4.78, 5) is 37.2. The summed E-state index contributed by atoms with van der Waals surface area (Å²) in [6.45, 7) is 0.0830. The van der Waals surface area contributed by atoms with Gasteiger partial charge in [-0.1, -0.05) is 12.1 Å². The van der Waals surface area contributed by atoms with Crippen molar-refractivity contribution in [2.45, 2.75) is 13.0 Å². The van der Waals surface area contributed by atoms with Crippen LogP contribution in [0.15, 0.2) is 46.0 Å². The molecule has 0 fully saturated rings. The molecule has 1 aromatic heterocycles. The van der Waals surface area contributed by atoms with Crippen molar-refractivity contribution in [3.05, 3.63) is 62.7 Å². The molecule has 0 aliphatic rings. The van der Waals surface area contributed by atoms with E-state index in [1.165, 1.54) is 37.5 Å². The van der Waals surface area contributed by atoms with Crippen molar-refractivity contribution in [2.24, 2.45) is 7.05 Å². The van der Waals surface area contributed by atoms with Crippen LogP contribution in [0.2, 0.25) is 0 Å². The number of benzene rings is 2. The Morgan fingerprint density at radius 3 is 2.13 bits per heavy atom. The van der Waals surface area contributed by atoms with E-state index in [1.54, 1.807) is 24.3 Å². The Bertz CT molecular complexity index is 1200. The van der Waals surface area contributed by atoms with E-state index in [0.29, 0.717) is 41.2 Å². The monoisotopic (exact) mass is 427 g/mol. The number of amides is 1. The second kappa shape index (κ2) is 9.38. The number of carbonyl (C=O) groups excluding carboxylic acids is 1. The smallest absolute Gasteiger partial charge is 0.317 e. The molecule has 2 aromatic carbocycles. The van der Waals surface area contributed by atoms with Crippen LogP contribution >= 0.6 is 0 Å². The molecule has 9 nitrogen and oxygen atoms in total. The zero-order valence-corrected chi connectivity index (χ0v) is 17.9. The molecule has 9 heteroatoms. The van der Waals surface area contributed by atoms with Gasteiger partial charge in [-0.3, -0.25) is 19.0 Å². The highest BCUT2D eigenvalue weighted by molar-refractivity contribution is 5.80. The Morgan fingerprint density at radius 1 is 0.935 bits per heavy atom. The summed E-state index contributed by atoms with van der Waals surface area (Å²) >= 11 is 0. The van der Waals surface area contributed by atoms with Crippen molar-refractivity contribution in [1.82, 2.24) is 14.5 Å². The first kappa shape index (κ1) is 21.9. The van der Waals surface area contributed by atoms with Crippen LogP contribution in [0, 0.1) is 0 Å². The van der Waals surface area contributed by atoms with E-state index in [4.69, 9.17) is 14.2 Å². The molecule has 3 rings (SSSR count). The average Bonchev–Trinajstić information content (AvgIpc) is 2.79. The first-order valence-corrected chi connectivity index (χ1v) is 9.65. The fraction of sp³-hybridized carbons (Fsp3) is 0.318. The standard InChI is InChI=1S/C22H25N3O6/c1-24-15-7-5-6-8-16(15)25(22(28)21(24)27)13-19(26)23-10-9-14-11-17(29-2)20(31-4)18(12-14)30-3/h5-8,11-12H,9-10,13H2,1-4H3,(H,23,26). The number of fused-ring (bicyclic) bond motifs is 1. The number of hydrogen-bond donors (Lipinski definition) is 1. The highest BCUT2D eigenvalue weighted by Crippen LogP contribution is 2.38. The molecule has 0 aliphatic carbocycles. The van der Waals surface area contributed by atoms with Crippen LogP contribution in [0.1, 0.15) is 5.56 Å². The van der Waals surface area contributed by atoms with Gasteiger partial charge in [0.25, 0.3) is 0 Å². The van der Waals surface area contributed by atoms with Gasteiger partial charge in [-0.05, 0) is 36.2 Å².